The summed E-state index contributed by atoms with van der Waals surface area (Å²) in [5, 5.41) is 0.244. The zero-order valence-corrected chi connectivity index (χ0v) is 11.1. The van der Waals surface area contributed by atoms with Crippen molar-refractivity contribution in [3.63, 3.8) is 0 Å². The molecule has 0 aliphatic carbocycles. The van der Waals surface area contributed by atoms with Gasteiger partial charge in [0.15, 0.2) is 9.84 Å². The second-order valence-electron chi connectivity index (χ2n) is 3.96. The lowest BCUT2D eigenvalue weighted by atomic mass is 10.2. The molecule has 1 aromatic carbocycles. The van der Waals surface area contributed by atoms with Gasteiger partial charge in [0.25, 0.3) is 0 Å². The fourth-order valence-corrected chi connectivity index (χ4v) is 3.25. The van der Waals surface area contributed by atoms with E-state index in [0.29, 0.717) is 6.42 Å². The second kappa shape index (κ2) is 5.80. The Morgan fingerprint density at radius 3 is 2.65 bits per heavy atom. The summed E-state index contributed by atoms with van der Waals surface area (Å²) in [4.78, 5) is 0. The molecule has 0 heterocycles. The minimum Gasteiger partial charge on any atom is -0.327 e. The van der Waals surface area contributed by atoms with E-state index in [-0.39, 0.29) is 22.1 Å². The fourth-order valence-electron chi connectivity index (χ4n) is 1.38. The molecule has 17 heavy (non-hydrogen) atoms. The van der Waals surface area contributed by atoms with Gasteiger partial charge in [0.05, 0.1) is 11.5 Å². The Balaban J connectivity index is 2.83. The number of halogens is 2. The highest BCUT2D eigenvalue weighted by atomic mass is 35.5. The Bertz CT molecular complexity index is 490. The van der Waals surface area contributed by atoms with Crippen molar-refractivity contribution in [1.29, 1.82) is 0 Å². The first-order valence-electron chi connectivity index (χ1n) is 5.24. The molecular weight excluding hydrogens is 265 g/mol. The first-order chi connectivity index (χ1) is 7.84. The molecule has 96 valence electrons. The predicted octanol–water partition coefficient (Wildman–Crippen LogP) is 2.13. The van der Waals surface area contributed by atoms with E-state index >= 15 is 0 Å². The third kappa shape index (κ3) is 4.61. The summed E-state index contributed by atoms with van der Waals surface area (Å²) in [5.41, 5.74) is 5.70. The molecule has 6 heteroatoms. The summed E-state index contributed by atoms with van der Waals surface area (Å²) in [6, 6.07) is 3.55. The molecule has 0 amide bonds. The predicted molar refractivity (Wildman–Crippen MR) is 67.2 cm³/mol. The lowest BCUT2D eigenvalue weighted by Gasteiger charge is -2.10. The largest absolute Gasteiger partial charge is 0.327 e. The van der Waals surface area contributed by atoms with Gasteiger partial charge in [-0.15, -0.1) is 0 Å². The van der Waals surface area contributed by atoms with Crippen LogP contribution < -0.4 is 5.73 Å². The third-order valence-corrected chi connectivity index (χ3v) is 4.30. The van der Waals surface area contributed by atoms with E-state index in [0.717, 1.165) is 6.07 Å². The number of hydrogen-bond acceptors (Lipinski definition) is 3. The topological polar surface area (TPSA) is 60.2 Å². The van der Waals surface area contributed by atoms with Gasteiger partial charge < -0.3 is 5.73 Å². The van der Waals surface area contributed by atoms with E-state index in [1.54, 1.807) is 0 Å². The SMILES string of the molecule is CCC(N)CS(=O)(=O)Cc1ccc(Cl)cc1F. The minimum atomic E-state index is -3.39. The maximum absolute atomic E-state index is 13.4. The fraction of sp³-hybridized carbons (Fsp3) is 0.455. The lowest BCUT2D eigenvalue weighted by Crippen LogP contribution is -2.29. The summed E-state index contributed by atoms with van der Waals surface area (Å²) in [6.45, 7) is 1.81. The van der Waals surface area contributed by atoms with Crippen molar-refractivity contribution in [2.45, 2.75) is 25.1 Å². The molecule has 0 fully saturated rings. The average molecular weight is 280 g/mol. The highest BCUT2D eigenvalue weighted by molar-refractivity contribution is 7.90. The van der Waals surface area contributed by atoms with Crippen LogP contribution in [0.1, 0.15) is 18.9 Å². The third-order valence-electron chi connectivity index (χ3n) is 2.38. The molecule has 2 N–H and O–H groups in total. The van der Waals surface area contributed by atoms with Crippen molar-refractivity contribution in [3.05, 3.63) is 34.6 Å². The van der Waals surface area contributed by atoms with Gasteiger partial charge in [-0.3, -0.25) is 0 Å². The monoisotopic (exact) mass is 279 g/mol. The molecule has 0 bridgehead atoms. The molecule has 0 aliphatic rings. The van der Waals surface area contributed by atoms with Crippen molar-refractivity contribution < 1.29 is 12.8 Å². The van der Waals surface area contributed by atoms with Crippen molar-refractivity contribution >= 4 is 21.4 Å². The van der Waals surface area contributed by atoms with Gasteiger partial charge in [0, 0.05) is 16.6 Å². The van der Waals surface area contributed by atoms with Crippen molar-refractivity contribution in [3.8, 4) is 0 Å². The van der Waals surface area contributed by atoms with Crippen molar-refractivity contribution in [1.82, 2.24) is 0 Å². The van der Waals surface area contributed by atoms with E-state index in [1.165, 1.54) is 12.1 Å². The zero-order chi connectivity index (χ0) is 13.1. The van der Waals surface area contributed by atoms with Crippen LogP contribution in [0.2, 0.25) is 5.02 Å². The molecule has 0 aromatic heterocycles. The first-order valence-corrected chi connectivity index (χ1v) is 7.44. The van der Waals surface area contributed by atoms with Crippen LogP contribution in [0, 0.1) is 5.82 Å². The number of benzene rings is 1. The van der Waals surface area contributed by atoms with Gasteiger partial charge in [-0.1, -0.05) is 24.6 Å². The molecule has 3 nitrogen and oxygen atoms in total. The van der Waals surface area contributed by atoms with Gasteiger partial charge in [0.1, 0.15) is 5.82 Å². The Morgan fingerprint density at radius 1 is 1.47 bits per heavy atom. The summed E-state index contributed by atoms with van der Waals surface area (Å²) < 4.78 is 36.9. The summed E-state index contributed by atoms with van der Waals surface area (Å²) in [7, 11) is -3.39. The van der Waals surface area contributed by atoms with E-state index in [4.69, 9.17) is 17.3 Å². The number of nitrogens with two attached hydrogens (primary N) is 1. The van der Waals surface area contributed by atoms with Crippen LogP contribution in [0.15, 0.2) is 18.2 Å². The molecular formula is C11H15ClFNO2S. The van der Waals surface area contributed by atoms with Crippen molar-refractivity contribution in [2.75, 3.05) is 5.75 Å². The standard InChI is InChI=1S/C11H15ClFNO2S/c1-2-10(14)7-17(15,16)6-8-3-4-9(12)5-11(8)13/h3-5,10H,2,6-7,14H2,1H3. The van der Waals surface area contributed by atoms with Gasteiger partial charge in [0.2, 0.25) is 0 Å². The quantitative estimate of drug-likeness (QED) is 0.898. The van der Waals surface area contributed by atoms with E-state index in [2.05, 4.69) is 0 Å². The second-order valence-corrected chi connectivity index (χ2v) is 6.50. The molecule has 0 aliphatic heterocycles. The maximum Gasteiger partial charge on any atom is 0.156 e. The Hall–Kier alpha value is -0.650. The van der Waals surface area contributed by atoms with Gasteiger partial charge in [-0.05, 0) is 18.6 Å². The minimum absolute atomic E-state index is 0.123. The number of sulfone groups is 1. The number of hydrogen-bond donors (Lipinski definition) is 1. The van der Waals surface area contributed by atoms with Crippen LogP contribution in [0.25, 0.3) is 0 Å². The van der Waals surface area contributed by atoms with E-state index < -0.39 is 21.7 Å². The summed E-state index contributed by atoms with van der Waals surface area (Å²) in [6.07, 6.45) is 0.572. The van der Waals surface area contributed by atoms with Gasteiger partial charge in [-0.25, -0.2) is 12.8 Å². The molecule has 1 unspecified atom stereocenters. The van der Waals surface area contributed by atoms with Crippen LogP contribution in [0.5, 0.6) is 0 Å². The van der Waals surface area contributed by atoms with Crippen LogP contribution in [-0.2, 0) is 15.6 Å². The van der Waals surface area contributed by atoms with Crippen LogP contribution in [0.4, 0.5) is 4.39 Å². The lowest BCUT2D eigenvalue weighted by molar-refractivity contribution is 0.577. The molecule has 1 aromatic rings. The highest BCUT2D eigenvalue weighted by Gasteiger charge is 2.18. The van der Waals surface area contributed by atoms with E-state index in [9.17, 15) is 12.8 Å². The van der Waals surface area contributed by atoms with Crippen LogP contribution >= 0.6 is 11.6 Å². The molecule has 1 atom stereocenters. The maximum atomic E-state index is 13.4. The van der Waals surface area contributed by atoms with Crippen LogP contribution in [-0.4, -0.2) is 20.2 Å². The van der Waals surface area contributed by atoms with E-state index in [1.807, 2.05) is 6.92 Å². The van der Waals surface area contributed by atoms with Gasteiger partial charge in [-0.2, -0.15) is 0 Å². The summed E-state index contributed by atoms with van der Waals surface area (Å²) >= 11 is 5.59. The Morgan fingerprint density at radius 2 is 2.12 bits per heavy atom. The first kappa shape index (κ1) is 14.4. The van der Waals surface area contributed by atoms with Gasteiger partial charge >= 0.3 is 0 Å². The molecule has 0 radical (unpaired) electrons. The normalized spacial score (nSPS) is 13.6. The van der Waals surface area contributed by atoms with Crippen molar-refractivity contribution in [2.24, 2.45) is 5.73 Å². The smallest absolute Gasteiger partial charge is 0.156 e. The molecule has 1 rings (SSSR count). The molecule has 0 spiro atoms. The zero-order valence-electron chi connectivity index (χ0n) is 9.49. The Labute approximate surface area is 106 Å². The number of rotatable bonds is 5. The molecule has 0 saturated heterocycles. The van der Waals surface area contributed by atoms with Crippen LogP contribution in [0.3, 0.4) is 0 Å². The molecule has 0 saturated carbocycles. The highest BCUT2D eigenvalue weighted by Crippen LogP contribution is 2.17. The summed E-state index contributed by atoms with van der Waals surface area (Å²) in [5.74, 6) is -1.08. The Kier molecular flexibility index (Phi) is 4.91. The average Bonchev–Trinajstić information content (AvgIpc) is 2.21.